The molecule has 4 atom stereocenters. The van der Waals surface area contributed by atoms with Crippen molar-refractivity contribution in [1.82, 2.24) is 5.32 Å². The van der Waals surface area contributed by atoms with Crippen LogP contribution in [-0.4, -0.2) is 78.6 Å². The van der Waals surface area contributed by atoms with E-state index in [4.69, 9.17) is 19.7 Å². The summed E-state index contributed by atoms with van der Waals surface area (Å²) in [6.07, 6.45) is 0. The number of nitrogens with one attached hydrogen (secondary N) is 1. The lowest BCUT2D eigenvalue weighted by atomic mass is 10.0. The number of aliphatic imine (C=N–C) groups is 3. The van der Waals surface area contributed by atoms with Crippen LogP contribution in [0.25, 0.3) is 0 Å². The quantitative estimate of drug-likeness (QED) is 0.629. The third kappa shape index (κ3) is 3.65. The molecule has 0 aromatic heterocycles. The molecule has 0 aromatic rings. The molecule has 0 aromatic carbocycles. The van der Waals surface area contributed by atoms with E-state index in [1.54, 1.807) is 35.3 Å². The van der Waals surface area contributed by atoms with Crippen LogP contribution in [0.3, 0.4) is 0 Å². The Bertz CT molecular complexity index is 877. The van der Waals surface area contributed by atoms with Crippen LogP contribution >= 0.6 is 47.0 Å². The summed E-state index contributed by atoms with van der Waals surface area (Å²) in [5.74, 6) is 2.55. The number of carbonyl (C=O) groups is 2. The maximum Gasteiger partial charge on any atom is 0.334 e. The molecule has 4 aliphatic rings. The van der Waals surface area contributed by atoms with Gasteiger partial charge in [-0.25, -0.2) is 4.79 Å². The number of thioether (sulfide) groups is 4. The lowest BCUT2D eigenvalue weighted by molar-refractivity contribution is -0.145. The number of methoxy groups -OCH3 is 1. The third-order valence-electron chi connectivity index (χ3n) is 5.40. The van der Waals surface area contributed by atoms with Gasteiger partial charge >= 0.3 is 5.97 Å². The Balaban J connectivity index is 1.58. The molecule has 0 saturated carbocycles. The van der Waals surface area contributed by atoms with Crippen molar-refractivity contribution in [2.24, 2.45) is 15.0 Å². The average molecular weight is 473 g/mol. The lowest BCUT2D eigenvalue weighted by Crippen LogP contribution is -2.46. The summed E-state index contributed by atoms with van der Waals surface area (Å²) >= 11 is 6.32. The van der Waals surface area contributed by atoms with Crippen LogP contribution in [0, 0.1) is 0 Å². The van der Waals surface area contributed by atoms with Crippen molar-refractivity contribution < 1.29 is 14.3 Å². The summed E-state index contributed by atoms with van der Waals surface area (Å²) in [6, 6.07) is 0. The van der Waals surface area contributed by atoms with Crippen molar-refractivity contribution in [2.75, 3.05) is 30.1 Å². The van der Waals surface area contributed by atoms with Crippen LogP contribution in [0.4, 0.5) is 4.79 Å². The van der Waals surface area contributed by atoms with Crippen molar-refractivity contribution in [3.05, 3.63) is 0 Å². The minimum atomic E-state index is -0.841. The molecular formula is C18H24N4O3S4. The van der Waals surface area contributed by atoms with Crippen molar-refractivity contribution >= 4 is 73.4 Å². The second kappa shape index (κ2) is 7.20. The van der Waals surface area contributed by atoms with Gasteiger partial charge in [-0.1, -0.05) is 11.8 Å². The SMILES string of the molecule is COC(=O)[C@]1(C)CSC([C@]2(C)CSC([C@]3(C)CSC([C@]4(C)CSC(=O)N4)=N3)=N2)=N1. The molecule has 1 N–H and O–H groups in total. The van der Waals surface area contributed by atoms with Gasteiger partial charge < -0.3 is 10.1 Å². The van der Waals surface area contributed by atoms with Gasteiger partial charge in [0, 0.05) is 23.0 Å². The fraction of sp³-hybridized carbons (Fsp3) is 0.722. The molecule has 7 nitrogen and oxygen atoms in total. The highest BCUT2D eigenvalue weighted by molar-refractivity contribution is 8.17. The molecule has 0 radical (unpaired) electrons. The van der Waals surface area contributed by atoms with Crippen LogP contribution in [0.1, 0.15) is 27.7 Å². The van der Waals surface area contributed by atoms with Gasteiger partial charge in [0.05, 0.1) is 27.8 Å². The number of hydrogen-bond acceptors (Lipinski definition) is 10. The van der Waals surface area contributed by atoms with E-state index in [-0.39, 0.29) is 11.2 Å². The van der Waals surface area contributed by atoms with Gasteiger partial charge in [0.1, 0.15) is 11.1 Å². The van der Waals surface area contributed by atoms with E-state index < -0.39 is 22.2 Å². The Morgan fingerprint density at radius 2 is 1.41 bits per heavy atom. The van der Waals surface area contributed by atoms with Crippen LogP contribution < -0.4 is 5.32 Å². The van der Waals surface area contributed by atoms with Crippen LogP contribution in [0.15, 0.2) is 15.0 Å². The Hall–Kier alpha value is -0.650. The topological polar surface area (TPSA) is 92.5 Å². The number of amides is 1. The molecule has 4 aliphatic heterocycles. The van der Waals surface area contributed by atoms with Gasteiger partial charge in [-0.15, -0.1) is 35.3 Å². The summed E-state index contributed by atoms with van der Waals surface area (Å²) in [6.45, 7) is 8.04. The first-order valence-corrected chi connectivity index (χ1v) is 13.2. The molecule has 0 bridgehead atoms. The third-order valence-corrected chi connectivity index (χ3v) is 11.0. The molecule has 4 heterocycles. The van der Waals surface area contributed by atoms with Crippen LogP contribution in [0.2, 0.25) is 0 Å². The van der Waals surface area contributed by atoms with E-state index in [0.717, 1.165) is 26.6 Å². The zero-order chi connectivity index (χ0) is 21.1. The Labute approximate surface area is 187 Å². The van der Waals surface area contributed by atoms with Crippen LogP contribution in [0.5, 0.6) is 0 Å². The number of ether oxygens (including phenoxy) is 1. The molecular weight excluding hydrogens is 448 g/mol. The molecule has 1 fully saturated rings. The number of carbonyl (C=O) groups excluding carboxylic acids is 2. The van der Waals surface area contributed by atoms with Crippen molar-refractivity contribution in [3.63, 3.8) is 0 Å². The predicted molar refractivity (Wildman–Crippen MR) is 126 cm³/mol. The standard InChI is InChI=1S/C18H24N4O3S4/c1-15(6-27-12(20-15)17(3)8-29-14(24)22-17)10-19-16(2,7-26-10)11-21-18(4,9-28-11)13(23)25-5/h6-9H2,1-5H3,(H,22,24)/t15-,16-,17-,18-/m0/s1. The summed E-state index contributed by atoms with van der Waals surface area (Å²) in [4.78, 5) is 38.6. The summed E-state index contributed by atoms with van der Waals surface area (Å²) in [5, 5.41) is 5.91. The zero-order valence-corrected chi connectivity index (χ0v) is 20.3. The lowest BCUT2D eigenvalue weighted by Gasteiger charge is -2.23. The number of esters is 1. The first kappa shape index (κ1) is 21.6. The number of rotatable bonds is 4. The molecule has 158 valence electrons. The normalized spacial score (nSPS) is 41.8. The molecule has 0 spiro atoms. The predicted octanol–water partition coefficient (Wildman–Crippen LogP) is 3.09. The zero-order valence-electron chi connectivity index (χ0n) is 17.0. The molecule has 1 saturated heterocycles. The van der Waals surface area contributed by atoms with Gasteiger partial charge in [-0.05, 0) is 27.7 Å². The van der Waals surface area contributed by atoms with Crippen molar-refractivity contribution in [2.45, 2.75) is 49.9 Å². The molecule has 0 unspecified atom stereocenters. The van der Waals surface area contributed by atoms with E-state index in [9.17, 15) is 9.59 Å². The minimum Gasteiger partial charge on any atom is -0.467 e. The molecule has 11 heteroatoms. The van der Waals surface area contributed by atoms with Crippen molar-refractivity contribution in [3.8, 4) is 0 Å². The summed E-state index contributed by atoms with van der Waals surface area (Å²) < 4.78 is 4.92. The fourth-order valence-electron chi connectivity index (χ4n) is 3.49. The fourth-order valence-corrected chi connectivity index (χ4v) is 8.63. The average Bonchev–Trinajstić information content (AvgIpc) is 3.43. The second-order valence-corrected chi connectivity index (χ2v) is 12.3. The smallest absolute Gasteiger partial charge is 0.334 e. The van der Waals surface area contributed by atoms with E-state index in [2.05, 4.69) is 19.2 Å². The maximum atomic E-state index is 12.1. The van der Waals surface area contributed by atoms with Gasteiger partial charge in [0.25, 0.3) is 5.24 Å². The van der Waals surface area contributed by atoms with E-state index in [1.807, 2.05) is 13.8 Å². The van der Waals surface area contributed by atoms with Gasteiger partial charge in [-0.3, -0.25) is 19.8 Å². The first-order valence-electron chi connectivity index (χ1n) is 9.25. The Morgan fingerprint density at radius 1 is 0.862 bits per heavy atom. The van der Waals surface area contributed by atoms with Gasteiger partial charge in [0.15, 0.2) is 5.54 Å². The van der Waals surface area contributed by atoms with E-state index in [0.29, 0.717) is 11.5 Å². The molecule has 4 rings (SSSR count). The molecule has 1 amide bonds. The first-order chi connectivity index (χ1) is 13.5. The van der Waals surface area contributed by atoms with E-state index >= 15 is 0 Å². The summed E-state index contributed by atoms with van der Waals surface area (Å²) in [7, 11) is 1.40. The Kier molecular flexibility index (Phi) is 5.36. The minimum absolute atomic E-state index is 0.00878. The maximum absolute atomic E-state index is 12.1. The molecule has 29 heavy (non-hydrogen) atoms. The number of nitrogens with zero attached hydrogens (tertiary/aromatic N) is 3. The van der Waals surface area contributed by atoms with Crippen molar-refractivity contribution in [1.29, 1.82) is 0 Å². The highest BCUT2D eigenvalue weighted by atomic mass is 32.2. The van der Waals surface area contributed by atoms with Gasteiger partial charge in [-0.2, -0.15) is 0 Å². The highest BCUT2D eigenvalue weighted by Gasteiger charge is 2.51. The Morgan fingerprint density at radius 3 is 2.00 bits per heavy atom. The second-order valence-electron chi connectivity index (χ2n) is 8.46. The monoisotopic (exact) mass is 472 g/mol. The highest BCUT2D eigenvalue weighted by Crippen LogP contribution is 2.45. The van der Waals surface area contributed by atoms with Gasteiger partial charge in [0.2, 0.25) is 0 Å². The summed E-state index contributed by atoms with van der Waals surface area (Å²) in [5.41, 5.74) is -2.10. The molecule has 0 aliphatic carbocycles. The number of hydrogen-bond donors (Lipinski definition) is 1. The van der Waals surface area contributed by atoms with E-state index in [1.165, 1.54) is 18.9 Å². The van der Waals surface area contributed by atoms with Crippen LogP contribution in [-0.2, 0) is 9.53 Å². The largest absolute Gasteiger partial charge is 0.467 e.